The van der Waals surface area contributed by atoms with Gasteiger partial charge in [-0.3, -0.25) is 4.98 Å². The number of nitrogens with two attached hydrogens (primary N) is 1. The van der Waals surface area contributed by atoms with Crippen molar-refractivity contribution < 1.29 is 23.4 Å². The van der Waals surface area contributed by atoms with Crippen LogP contribution in [0.3, 0.4) is 0 Å². The molecule has 0 aliphatic carbocycles. The van der Waals surface area contributed by atoms with Gasteiger partial charge in [0, 0.05) is 28.7 Å². The van der Waals surface area contributed by atoms with Crippen LogP contribution in [0.4, 0.5) is 14.5 Å². The number of fused-ring (bicyclic) bond motifs is 1. The number of hydrogen-bond acceptors (Lipinski definition) is 6. The van der Waals surface area contributed by atoms with E-state index < -0.39 is 23.2 Å². The molecule has 8 nitrogen and oxygen atoms in total. The first kappa shape index (κ1) is 26.1. The Kier molecular flexibility index (Phi) is 7.40. The lowest BCUT2D eigenvalue weighted by molar-refractivity contribution is 0.0692. The van der Waals surface area contributed by atoms with Gasteiger partial charge in [0.1, 0.15) is 29.8 Å². The van der Waals surface area contributed by atoms with E-state index in [4.69, 9.17) is 27.1 Å². The normalized spacial score (nSPS) is 11.1. The molecule has 5 rings (SSSR count). The molecule has 0 bridgehead atoms. The van der Waals surface area contributed by atoms with E-state index in [-0.39, 0.29) is 11.6 Å². The van der Waals surface area contributed by atoms with Crippen LogP contribution in [0.1, 0.15) is 16.2 Å². The molecule has 0 amide bonds. The Labute approximate surface area is 226 Å². The summed E-state index contributed by atoms with van der Waals surface area (Å²) in [5, 5.41) is 13.0. The maximum absolute atomic E-state index is 13.9. The summed E-state index contributed by atoms with van der Waals surface area (Å²) in [7, 11) is 0. The maximum Gasteiger partial charge on any atom is 0.338 e. The summed E-state index contributed by atoms with van der Waals surface area (Å²) in [5.74, 6) is -1.66. The molecule has 11 heteroatoms. The number of H-pyrrole nitrogens is 1. The van der Waals surface area contributed by atoms with Crippen LogP contribution in [0.15, 0.2) is 66.9 Å². The van der Waals surface area contributed by atoms with Gasteiger partial charge in [-0.2, -0.15) is 0 Å². The summed E-state index contributed by atoms with van der Waals surface area (Å²) in [6, 6.07) is 15.6. The van der Waals surface area contributed by atoms with Crippen LogP contribution < -0.4 is 15.8 Å². The topological polar surface area (TPSA) is 126 Å². The lowest BCUT2D eigenvalue weighted by Crippen LogP contribution is -2.10. The second-order valence-corrected chi connectivity index (χ2v) is 9.01. The monoisotopic (exact) mass is 549 g/mol. The number of halogens is 3. The van der Waals surface area contributed by atoms with Crippen molar-refractivity contribution >= 4 is 34.2 Å². The molecule has 0 saturated heterocycles. The molecule has 0 aliphatic rings. The summed E-state index contributed by atoms with van der Waals surface area (Å²) in [6.07, 6.45) is 1.63. The minimum Gasteiger partial charge on any atom is -0.491 e. The summed E-state index contributed by atoms with van der Waals surface area (Å²) < 4.78 is 33.3. The molecule has 0 aliphatic heterocycles. The number of carboxylic acid groups (broad SMARTS) is 1. The van der Waals surface area contributed by atoms with Gasteiger partial charge in [-0.05, 0) is 54.6 Å². The molecule has 5 N–H and O–H groups in total. The average Bonchev–Trinajstić information content (AvgIpc) is 3.36. The van der Waals surface area contributed by atoms with Gasteiger partial charge in [0.2, 0.25) is 0 Å². The lowest BCUT2D eigenvalue weighted by Gasteiger charge is -2.08. The van der Waals surface area contributed by atoms with E-state index in [9.17, 15) is 18.7 Å². The van der Waals surface area contributed by atoms with Crippen molar-refractivity contribution in [3.8, 4) is 28.3 Å². The SMILES string of the molecule is NCCOc1cnc2ccc(-c3[nH]c(CNc4ccc(F)c(C(=O)O)c4)nc3-c3ccc(F)c(Cl)c3)cc2c1. The van der Waals surface area contributed by atoms with Crippen LogP contribution >= 0.6 is 11.6 Å². The van der Waals surface area contributed by atoms with E-state index in [2.05, 4.69) is 15.3 Å². The maximum atomic E-state index is 13.9. The number of aromatic carboxylic acids is 1. The fourth-order valence-corrected chi connectivity index (χ4v) is 4.26. The molecule has 39 heavy (non-hydrogen) atoms. The number of nitrogens with one attached hydrogen (secondary N) is 2. The third kappa shape index (κ3) is 5.66. The molecule has 5 aromatic rings. The second kappa shape index (κ2) is 11.1. The van der Waals surface area contributed by atoms with E-state index in [1.54, 1.807) is 12.3 Å². The highest BCUT2D eigenvalue weighted by Crippen LogP contribution is 2.34. The number of carbonyl (C=O) groups is 1. The molecule has 3 aromatic carbocycles. The predicted octanol–water partition coefficient (Wildman–Crippen LogP) is 5.87. The number of carboxylic acids is 1. The van der Waals surface area contributed by atoms with Gasteiger partial charge in [0.15, 0.2) is 0 Å². The quantitative estimate of drug-likeness (QED) is 0.181. The highest BCUT2D eigenvalue weighted by molar-refractivity contribution is 6.31. The Balaban J connectivity index is 1.53. The van der Waals surface area contributed by atoms with Crippen molar-refractivity contribution in [2.24, 2.45) is 5.73 Å². The largest absolute Gasteiger partial charge is 0.491 e. The Hall–Kier alpha value is -4.54. The van der Waals surface area contributed by atoms with Crippen molar-refractivity contribution in [1.29, 1.82) is 0 Å². The van der Waals surface area contributed by atoms with Crippen molar-refractivity contribution in [3.63, 3.8) is 0 Å². The van der Waals surface area contributed by atoms with E-state index >= 15 is 0 Å². The molecule has 198 valence electrons. The summed E-state index contributed by atoms with van der Waals surface area (Å²) in [5.41, 5.74) is 8.81. The Bertz CT molecular complexity index is 1690. The number of aromatic nitrogens is 3. The number of rotatable bonds is 9. The number of nitrogens with zero attached hydrogens (tertiary/aromatic N) is 2. The number of benzene rings is 3. The van der Waals surface area contributed by atoms with Crippen LogP contribution in [-0.2, 0) is 6.54 Å². The number of hydrogen-bond donors (Lipinski definition) is 4. The van der Waals surface area contributed by atoms with Gasteiger partial charge in [-0.1, -0.05) is 17.7 Å². The van der Waals surface area contributed by atoms with Crippen molar-refractivity contribution in [3.05, 3.63) is 94.9 Å². The first-order valence-corrected chi connectivity index (χ1v) is 12.2. The molecule has 0 fully saturated rings. The molecule has 0 spiro atoms. The third-order valence-electron chi connectivity index (χ3n) is 5.93. The standard InChI is InChI=1S/C28H22ClF2N5O3/c29-21-11-16(1-4-23(21)31)27-26(15-2-6-24-17(9-15)10-19(13-34-24)39-8-7-32)35-25(36-27)14-33-18-3-5-22(30)20(12-18)28(37)38/h1-6,9-13,33H,7-8,14,32H2,(H,35,36)(H,37,38). The fourth-order valence-electron chi connectivity index (χ4n) is 4.07. The van der Waals surface area contributed by atoms with Gasteiger partial charge in [0.25, 0.3) is 0 Å². The van der Waals surface area contributed by atoms with Gasteiger partial charge >= 0.3 is 5.97 Å². The lowest BCUT2D eigenvalue weighted by atomic mass is 10.0. The van der Waals surface area contributed by atoms with Gasteiger partial charge < -0.3 is 25.9 Å². The first-order chi connectivity index (χ1) is 18.8. The van der Waals surface area contributed by atoms with Crippen molar-refractivity contribution in [2.75, 3.05) is 18.5 Å². The van der Waals surface area contributed by atoms with Crippen LogP contribution in [0, 0.1) is 11.6 Å². The molecule has 2 aromatic heterocycles. The smallest absolute Gasteiger partial charge is 0.338 e. The highest BCUT2D eigenvalue weighted by Gasteiger charge is 2.17. The zero-order valence-electron chi connectivity index (χ0n) is 20.3. The predicted molar refractivity (Wildman–Crippen MR) is 145 cm³/mol. The summed E-state index contributed by atoms with van der Waals surface area (Å²) >= 11 is 6.07. The molecular formula is C28H22ClF2N5O3. The zero-order valence-corrected chi connectivity index (χ0v) is 21.1. The van der Waals surface area contributed by atoms with Crippen LogP contribution in [0.25, 0.3) is 33.4 Å². The number of imidazole rings is 1. The first-order valence-electron chi connectivity index (χ1n) is 11.9. The average molecular weight is 550 g/mol. The Morgan fingerprint density at radius 1 is 1.05 bits per heavy atom. The molecule has 0 atom stereocenters. The van der Waals surface area contributed by atoms with E-state index in [0.717, 1.165) is 22.5 Å². The third-order valence-corrected chi connectivity index (χ3v) is 6.22. The Morgan fingerprint density at radius 2 is 1.85 bits per heavy atom. The Morgan fingerprint density at radius 3 is 2.62 bits per heavy atom. The molecular weight excluding hydrogens is 528 g/mol. The second-order valence-electron chi connectivity index (χ2n) is 8.60. The highest BCUT2D eigenvalue weighted by atomic mass is 35.5. The molecule has 0 unspecified atom stereocenters. The summed E-state index contributed by atoms with van der Waals surface area (Å²) in [4.78, 5) is 23.7. The van der Waals surface area contributed by atoms with Crippen molar-refractivity contribution in [1.82, 2.24) is 15.0 Å². The van der Waals surface area contributed by atoms with Gasteiger partial charge in [-0.25, -0.2) is 18.6 Å². The number of pyridine rings is 1. The van der Waals surface area contributed by atoms with Gasteiger partial charge in [0.05, 0.1) is 40.2 Å². The van der Waals surface area contributed by atoms with E-state index in [1.165, 1.54) is 24.3 Å². The fraction of sp³-hybridized carbons (Fsp3) is 0.107. The number of anilines is 1. The molecule has 0 radical (unpaired) electrons. The van der Waals surface area contributed by atoms with E-state index in [1.807, 2.05) is 24.3 Å². The molecule has 2 heterocycles. The summed E-state index contributed by atoms with van der Waals surface area (Å²) in [6.45, 7) is 0.905. The minimum absolute atomic E-state index is 0.0435. The van der Waals surface area contributed by atoms with Crippen LogP contribution in [0.5, 0.6) is 5.75 Å². The van der Waals surface area contributed by atoms with Crippen LogP contribution in [-0.4, -0.2) is 39.2 Å². The van der Waals surface area contributed by atoms with E-state index in [0.29, 0.717) is 47.4 Å². The number of aromatic amines is 1. The minimum atomic E-state index is -1.37. The molecule has 0 saturated carbocycles. The number of ether oxygens (including phenoxy) is 1. The zero-order chi connectivity index (χ0) is 27.5. The van der Waals surface area contributed by atoms with Crippen LogP contribution in [0.2, 0.25) is 5.02 Å². The van der Waals surface area contributed by atoms with Crippen molar-refractivity contribution in [2.45, 2.75) is 6.54 Å². The van der Waals surface area contributed by atoms with Gasteiger partial charge in [-0.15, -0.1) is 0 Å².